The van der Waals surface area contributed by atoms with Gasteiger partial charge in [-0.25, -0.2) is 0 Å². The number of hydrogen-bond donors (Lipinski definition) is 1. The van der Waals surface area contributed by atoms with E-state index < -0.39 is 6.04 Å². The smallest absolute Gasteiger partial charge is 0.118 e. The predicted octanol–water partition coefficient (Wildman–Crippen LogP) is 1.09. The summed E-state index contributed by atoms with van der Waals surface area (Å²) >= 11 is 4.96. The van der Waals surface area contributed by atoms with Crippen LogP contribution in [-0.2, 0) is 0 Å². The summed E-state index contributed by atoms with van der Waals surface area (Å²) < 4.78 is 0. The van der Waals surface area contributed by atoms with E-state index in [0.29, 0.717) is 0 Å². The first kappa shape index (κ1) is 8.12. The van der Waals surface area contributed by atoms with Crippen molar-refractivity contribution >= 4 is 17.1 Å². The molecule has 0 saturated heterocycles. The van der Waals surface area contributed by atoms with Crippen molar-refractivity contribution in [3.63, 3.8) is 0 Å². The average molecular weight is 164 g/mol. The lowest BCUT2D eigenvalue weighted by Crippen LogP contribution is -2.20. The average Bonchev–Trinajstić information content (AvgIpc) is 2.03. The van der Waals surface area contributed by atoms with Crippen LogP contribution in [0.5, 0.6) is 0 Å². The van der Waals surface area contributed by atoms with Crippen LogP contribution < -0.4 is 5.73 Å². The molecule has 2 N–H and O–H groups in total. The van der Waals surface area contributed by atoms with E-state index in [9.17, 15) is 0 Å². The predicted molar refractivity (Wildman–Crippen MR) is 48.0 cm³/mol. The highest BCUT2D eigenvalue weighted by molar-refractivity contribution is 7.80. The zero-order valence-electron chi connectivity index (χ0n) is 5.95. The van der Waals surface area contributed by atoms with E-state index in [1.165, 1.54) is 0 Å². The Morgan fingerprint density at radius 2 is 2.45 bits per heavy atom. The van der Waals surface area contributed by atoms with Crippen LogP contribution in [0.4, 0.5) is 0 Å². The molecule has 2 nitrogen and oxygen atoms in total. The minimum absolute atomic E-state index is 0.538. The molecular weight excluding hydrogens is 156 g/mol. The van der Waals surface area contributed by atoms with Crippen molar-refractivity contribution in [2.45, 2.75) is 12.5 Å². The lowest BCUT2D eigenvalue weighted by Gasteiger charge is -2.08. The molecule has 0 fully saturated rings. The molecule has 1 aliphatic carbocycles. The fourth-order valence-electron chi connectivity index (χ4n) is 0.872. The van der Waals surface area contributed by atoms with Gasteiger partial charge in [-0.15, -0.1) is 0 Å². The fourth-order valence-corrected chi connectivity index (χ4v) is 1.10. The van der Waals surface area contributed by atoms with Gasteiger partial charge in [0.05, 0.1) is 6.07 Å². The molecule has 0 radical (unpaired) electrons. The number of nitrogens with two attached hydrogens (primary N) is 1. The van der Waals surface area contributed by atoms with Gasteiger partial charge in [0.15, 0.2) is 0 Å². The molecule has 0 amide bonds. The molecule has 0 heterocycles. The number of allylic oxidation sites excluding steroid dienone is 2. The minimum Gasteiger partial charge on any atom is -0.312 e. The first-order chi connectivity index (χ1) is 5.24. The summed E-state index contributed by atoms with van der Waals surface area (Å²) in [6, 6.07) is 1.42. The summed E-state index contributed by atoms with van der Waals surface area (Å²) in [4.78, 5) is 0.841. The second-order valence-corrected chi connectivity index (χ2v) is 2.85. The largest absolute Gasteiger partial charge is 0.312 e. The molecule has 0 aromatic rings. The third-order valence-corrected chi connectivity index (χ3v) is 1.74. The third-order valence-electron chi connectivity index (χ3n) is 1.46. The van der Waals surface area contributed by atoms with Crippen LogP contribution in [-0.4, -0.2) is 10.9 Å². The van der Waals surface area contributed by atoms with Gasteiger partial charge in [0.25, 0.3) is 0 Å². The molecule has 0 bridgehead atoms. The van der Waals surface area contributed by atoms with Crippen molar-refractivity contribution in [2.24, 2.45) is 5.73 Å². The summed E-state index contributed by atoms with van der Waals surface area (Å²) in [6.07, 6.45) is 6.36. The van der Waals surface area contributed by atoms with Gasteiger partial charge in [-0.05, 0) is 11.6 Å². The number of nitrogens with zero attached hydrogens (tertiary/aromatic N) is 1. The number of thiocarbonyl (C=S) groups is 1. The lowest BCUT2D eigenvalue weighted by atomic mass is 10.0. The van der Waals surface area contributed by atoms with Crippen molar-refractivity contribution < 1.29 is 0 Å². The molecule has 11 heavy (non-hydrogen) atoms. The normalized spacial score (nSPS) is 18.9. The van der Waals surface area contributed by atoms with E-state index in [2.05, 4.69) is 0 Å². The molecule has 0 aromatic heterocycles. The molecule has 1 atom stereocenters. The first-order valence-corrected chi connectivity index (χ1v) is 3.71. The van der Waals surface area contributed by atoms with Gasteiger partial charge in [-0.2, -0.15) is 5.26 Å². The van der Waals surface area contributed by atoms with Crippen LogP contribution in [0.2, 0.25) is 0 Å². The van der Waals surface area contributed by atoms with Crippen LogP contribution in [0.25, 0.3) is 0 Å². The van der Waals surface area contributed by atoms with E-state index in [4.69, 9.17) is 23.2 Å². The van der Waals surface area contributed by atoms with Gasteiger partial charge in [-0.1, -0.05) is 24.4 Å². The van der Waals surface area contributed by atoms with Crippen LogP contribution >= 0.6 is 12.2 Å². The highest BCUT2D eigenvalue weighted by atomic mass is 32.1. The molecule has 1 unspecified atom stereocenters. The summed E-state index contributed by atoms with van der Waals surface area (Å²) in [5, 5.41) is 8.48. The topological polar surface area (TPSA) is 49.8 Å². The molecule has 0 aromatic carbocycles. The van der Waals surface area contributed by atoms with Gasteiger partial charge in [-0.3, -0.25) is 0 Å². The Morgan fingerprint density at radius 3 is 3.00 bits per heavy atom. The second-order valence-electron chi connectivity index (χ2n) is 2.32. The number of hydrogen-bond acceptors (Lipinski definition) is 3. The second kappa shape index (κ2) is 3.42. The molecule has 0 aliphatic heterocycles. The maximum Gasteiger partial charge on any atom is 0.118 e. The summed E-state index contributed by atoms with van der Waals surface area (Å²) in [6.45, 7) is 0. The summed E-state index contributed by atoms with van der Waals surface area (Å²) in [5.74, 6) is 0. The summed E-state index contributed by atoms with van der Waals surface area (Å²) in [7, 11) is 0. The highest BCUT2D eigenvalue weighted by Gasteiger charge is 2.07. The van der Waals surface area contributed by atoms with Gasteiger partial charge in [0.1, 0.15) is 6.04 Å². The molecule has 1 aliphatic rings. The zero-order chi connectivity index (χ0) is 8.27. The van der Waals surface area contributed by atoms with E-state index in [1.807, 2.05) is 18.2 Å². The minimum atomic E-state index is -0.538. The van der Waals surface area contributed by atoms with Crippen molar-refractivity contribution in [3.05, 3.63) is 23.8 Å². The molecule has 56 valence electrons. The molecule has 1 rings (SSSR count). The van der Waals surface area contributed by atoms with Crippen molar-refractivity contribution in [1.82, 2.24) is 0 Å². The Hall–Kier alpha value is -0.980. The Bertz CT molecular complexity index is 270. The highest BCUT2D eigenvalue weighted by Crippen LogP contribution is 2.10. The Morgan fingerprint density at radius 1 is 1.73 bits per heavy atom. The maximum absolute atomic E-state index is 8.48. The third kappa shape index (κ3) is 1.97. The summed E-state index contributed by atoms with van der Waals surface area (Å²) in [5.41, 5.74) is 6.28. The molecule has 0 saturated carbocycles. The SMILES string of the molecule is N#CC(N)C1=CC(=S)CC=C1. The molecule has 0 spiro atoms. The van der Waals surface area contributed by atoms with Crippen LogP contribution in [0.1, 0.15) is 6.42 Å². The van der Waals surface area contributed by atoms with E-state index in [0.717, 1.165) is 16.9 Å². The van der Waals surface area contributed by atoms with Gasteiger partial charge in [0.2, 0.25) is 0 Å². The lowest BCUT2D eigenvalue weighted by molar-refractivity contribution is 0.990. The Kier molecular flexibility index (Phi) is 2.53. The van der Waals surface area contributed by atoms with Crippen molar-refractivity contribution in [2.75, 3.05) is 0 Å². The van der Waals surface area contributed by atoms with E-state index in [-0.39, 0.29) is 0 Å². The quantitative estimate of drug-likeness (QED) is 0.590. The Labute approximate surface area is 71.0 Å². The van der Waals surface area contributed by atoms with Crippen molar-refractivity contribution in [1.29, 1.82) is 5.26 Å². The number of rotatable bonds is 1. The Balaban J connectivity index is 2.81. The van der Waals surface area contributed by atoms with Gasteiger partial charge in [0, 0.05) is 11.3 Å². The van der Waals surface area contributed by atoms with Gasteiger partial charge >= 0.3 is 0 Å². The van der Waals surface area contributed by atoms with E-state index in [1.54, 1.807) is 6.08 Å². The fraction of sp³-hybridized carbons (Fsp3) is 0.250. The number of nitriles is 1. The van der Waals surface area contributed by atoms with Crippen LogP contribution in [0, 0.1) is 11.3 Å². The van der Waals surface area contributed by atoms with E-state index >= 15 is 0 Å². The van der Waals surface area contributed by atoms with Gasteiger partial charge < -0.3 is 5.73 Å². The standard InChI is InChI=1S/C8H8N2S/c9-5-8(10)6-2-1-3-7(11)4-6/h1-2,4,8H,3,10H2. The molecular formula is C8H8N2S. The molecule has 3 heteroatoms. The zero-order valence-corrected chi connectivity index (χ0v) is 6.77. The maximum atomic E-state index is 8.48. The van der Waals surface area contributed by atoms with Crippen LogP contribution in [0.3, 0.4) is 0 Å². The first-order valence-electron chi connectivity index (χ1n) is 3.30. The van der Waals surface area contributed by atoms with Crippen molar-refractivity contribution in [3.8, 4) is 6.07 Å². The monoisotopic (exact) mass is 164 g/mol. The van der Waals surface area contributed by atoms with Crippen LogP contribution in [0.15, 0.2) is 23.8 Å².